The predicted molar refractivity (Wildman–Crippen MR) is 154 cm³/mol. The summed E-state index contributed by atoms with van der Waals surface area (Å²) in [5.74, 6) is -0.938. The summed E-state index contributed by atoms with van der Waals surface area (Å²) in [5, 5.41) is 1.03. The number of nitrogens with one attached hydrogen (secondary N) is 1. The number of nitrogens with zero attached hydrogens (tertiary/aromatic N) is 1. The number of rotatable bonds is 13. The first-order chi connectivity index (χ1) is 19.8. The summed E-state index contributed by atoms with van der Waals surface area (Å²) >= 11 is 0. The van der Waals surface area contributed by atoms with Crippen LogP contribution in [0.1, 0.15) is 50.3 Å². The van der Waals surface area contributed by atoms with Crippen LogP contribution in [-0.4, -0.2) is 51.1 Å². The van der Waals surface area contributed by atoms with E-state index in [-0.39, 0.29) is 37.4 Å². The lowest BCUT2D eigenvalue weighted by molar-refractivity contribution is -0.109. The van der Waals surface area contributed by atoms with E-state index < -0.39 is 38.9 Å². The molecule has 0 aliphatic heterocycles. The number of aldehydes is 1. The third-order valence-corrected chi connectivity index (χ3v) is 7.86. The van der Waals surface area contributed by atoms with Crippen molar-refractivity contribution >= 4 is 22.5 Å². The Bertz CT molecular complexity index is 1390. The number of benzene rings is 3. The first-order valence-electron chi connectivity index (χ1n) is 13.4. The minimum Gasteiger partial charge on any atom is -0.443 e. The van der Waals surface area contributed by atoms with Gasteiger partial charge in [-0.15, -0.1) is 0 Å². The molecular weight excluding hydrogens is 566 g/mol. The second-order valence-electron chi connectivity index (χ2n) is 10.9. The Balaban J connectivity index is 1.95. The highest BCUT2D eigenvalue weighted by atomic mass is 32.2. The SMILES string of the molecule is Cc1ccc(S(=O)(=O)OCCCC(CNN(CC=O)C(=O)OC(C)(C)C)(c2ccc(F)cc2)c2ccc(F)cc2)cc1. The zero-order valence-corrected chi connectivity index (χ0v) is 24.9. The summed E-state index contributed by atoms with van der Waals surface area (Å²) in [6.07, 6.45) is 0.207. The van der Waals surface area contributed by atoms with E-state index in [1.165, 1.54) is 36.4 Å². The Morgan fingerprint density at radius 3 is 1.90 bits per heavy atom. The van der Waals surface area contributed by atoms with Crippen molar-refractivity contribution in [2.24, 2.45) is 0 Å². The van der Waals surface area contributed by atoms with Crippen LogP contribution in [-0.2, 0) is 29.2 Å². The molecule has 8 nitrogen and oxygen atoms in total. The van der Waals surface area contributed by atoms with Crippen LogP contribution < -0.4 is 5.43 Å². The quantitative estimate of drug-likeness (QED) is 0.116. The fourth-order valence-electron chi connectivity index (χ4n) is 4.43. The fraction of sp³-hybridized carbons (Fsp3) is 0.355. The van der Waals surface area contributed by atoms with Crippen molar-refractivity contribution in [3.05, 3.63) is 101 Å². The van der Waals surface area contributed by atoms with E-state index in [0.29, 0.717) is 17.4 Å². The van der Waals surface area contributed by atoms with Crippen molar-refractivity contribution in [3.8, 4) is 0 Å². The van der Waals surface area contributed by atoms with Crippen molar-refractivity contribution in [1.82, 2.24) is 10.4 Å². The van der Waals surface area contributed by atoms with Gasteiger partial charge in [0, 0.05) is 12.0 Å². The maximum absolute atomic E-state index is 14.0. The van der Waals surface area contributed by atoms with Crippen molar-refractivity contribution in [2.75, 3.05) is 19.7 Å². The highest BCUT2D eigenvalue weighted by Crippen LogP contribution is 2.37. The Kier molecular flexibility index (Phi) is 10.9. The van der Waals surface area contributed by atoms with Crippen molar-refractivity contribution < 1.29 is 35.7 Å². The van der Waals surface area contributed by atoms with Gasteiger partial charge in [0.25, 0.3) is 10.1 Å². The number of halogens is 2. The van der Waals surface area contributed by atoms with Gasteiger partial charge < -0.3 is 9.53 Å². The number of carbonyl (C=O) groups excluding carboxylic acids is 2. The number of ether oxygens (including phenoxy) is 1. The van der Waals surface area contributed by atoms with Crippen LogP contribution in [0.15, 0.2) is 77.7 Å². The normalized spacial score (nSPS) is 12.1. The smallest absolute Gasteiger partial charge is 0.425 e. The molecule has 0 aliphatic carbocycles. The monoisotopic (exact) mass is 602 g/mol. The molecule has 0 saturated heterocycles. The minimum atomic E-state index is -4.02. The fourth-order valence-corrected chi connectivity index (χ4v) is 5.37. The van der Waals surface area contributed by atoms with Gasteiger partial charge in [-0.1, -0.05) is 42.0 Å². The number of amides is 1. The number of carbonyl (C=O) groups is 2. The average Bonchev–Trinajstić information content (AvgIpc) is 2.92. The summed E-state index contributed by atoms with van der Waals surface area (Å²) < 4.78 is 64.2. The van der Waals surface area contributed by atoms with Gasteiger partial charge >= 0.3 is 6.09 Å². The molecule has 0 atom stereocenters. The van der Waals surface area contributed by atoms with Crippen LogP contribution >= 0.6 is 0 Å². The van der Waals surface area contributed by atoms with Gasteiger partial charge in [0.2, 0.25) is 0 Å². The molecule has 0 saturated carbocycles. The third-order valence-electron chi connectivity index (χ3n) is 6.53. The van der Waals surface area contributed by atoms with Crippen molar-refractivity contribution in [2.45, 2.75) is 56.4 Å². The molecule has 0 aromatic heterocycles. The lowest BCUT2D eigenvalue weighted by Gasteiger charge is -2.38. The highest BCUT2D eigenvalue weighted by Gasteiger charge is 2.36. The van der Waals surface area contributed by atoms with Gasteiger partial charge in [-0.2, -0.15) is 8.42 Å². The van der Waals surface area contributed by atoms with E-state index in [1.54, 1.807) is 57.2 Å². The maximum Gasteiger partial charge on any atom is 0.425 e. The Morgan fingerprint density at radius 1 is 0.905 bits per heavy atom. The molecule has 0 bridgehead atoms. The Morgan fingerprint density at radius 2 is 1.43 bits per heavy atom. The van der Waals surface area contributed by atoms with E-state index >= 15 is 0 Å². The molecule has 0 heterocycles. The molecule has 0 unspecified atom stereocenters. The van der Waals surface area contributed by atoms with Gasteiger partial charge in [0.1, 0.15) is 23.5 Å². The first-order valence-corrected chi connectivity index (χ1v) is 14.8. The lowest BCUT2D eigenvalue weighted by Crippen LogP contribution is -2.51. The molecule has 0 spiro atoms. The van der Waals surface area contributed by atoms with Gasteiger partial charge in [-0.05, 0) is 88.1 Å². The van der Waals surface area contributed by atoms with E-state index in [9.17, 15) is 26.8 Å². The second kappa shape index (κ2) is 14.0. The second-order valence-corrected chi connectivity index (χ2v) is 12.5. The zero-order chi connectivity index (χ0) is 31.0. The summed E-state index contributed by atoms with van der Waals surface area (Å²) in [6.45, 7) is 6.40. The van der Waals surface area contributed by atoms with Crippen molar-refractivity contribution in [1.29, 1.82) is 0 Å². The van der Waals surface area contributed by atoms with E-state index in [4.69, 9.17) is 8.92 Å². The van der Waals surface area contributed by atoms with Gasteiger partial charge in [-0.25, -0.2) is 24.0 Å². The Labute approximate surface area is 245 Å². The van der Waals surface area contributed by atoms with Crippen LogP contribution in [0.5, 0.6) is 0 Å². The third kappa shape index (κ3) is 8.91. The molecular formula is C31H36F2N2O6S. The van der Waals surface area contributed by atoms with Crippen LogP contribution in [0.25, 0.3) is 0 Å². The van der Waals surface area contributed by atoms with E-state index in [1.807, 2.05) is 6.92 Å². The molecule has 42 heavy (non-hydrogen) atoms. The number of hydrogen-bond acceptors (Lipinski definition) is 7. The number of aryl methyl sites for hydroxylation is 1. The number of hydrogen-bond donors (Lipinski definition) is 1. The molecule has 11 heteroatoms. The zero-order valence-electron chi connectivity index (χ0n) is 24.1. The molecule has 0 aliphatic rings. The summed E-state index contributed by atoms with van der Waals surface area (Å²) in [7, 11) is -4.02. The largest absolute Gasteiger partial charge is 0.443 e. The standard InChI is InChI=1S/C31H36F2N2O6S/c1-23-6-16-28(17-7-23)42(38,39)40-21-5-18-31(24-8-12-26(32)13-9-24,25-10-14-27(33)15-11-25)22-34-35(19-20-36)29(37)41-30(2,3)4/h6-17,20,34H,5,18-19,21-22H2,1-4H3. The average molecular weight is 603 g/mol. The summed E-state index contributed by atoms with van der Waals surface area (Å²) in [6, 6.07) is 17.7. The van der Waals surface area contributed by atoms with E-state index in [2.05, 4.69) is 5.43 Å². The topological polar surface area (TPSA) is 102 Å². The van der Waals surface area contributed by atoms with Gasteiger partial charge in [0.05, 0.1) is 18.0 Å². The van der Waals surface area contributed by atoms with Crippen LogP contribution in [0.4, 0.5) is 13.6 Å². The number of hydrazine groups is 1. The van der Waals surface area contributed by atoms with Crippen molar-refractivity contribution in [3.63, 3.8) is 0 Å². The maximum atomic E-state index is 14.0. The minimum absolute atomic E-state index is 0.0118. The highest BCUT2D eigenvalue weighted by molar-refractivity contribution is 7.86. The molecule has 3 rings (SSSR count). The van der Waals surface area contributed by atoms with E-state index in [0.717, 1.165) is 10.6 Å². The van der Waals surface area contributed by atoms with Crippen LogP contribution in [0, 0.1) is 18.6 Å². The summed E-state index contributed by atoms with van der Waals surface area (Å²) in [5.41, 5.74) is 3.24. The predicted octanol–water partition coefficient (Wildman–Crippen LogP) is 5.69. The first kappa shape index (κ1) is 32.8. The molecule has 3 aromatic carbocycles. The molecule has 3 aromatic rings. The Hall–Kier alpha value is -3.67. The lowest BCUT2D eigenvalue weighted by atomic mass is 9.71. The molecule has 0 fully saturated rings. The molecule has 1 amide bonds. The summed E-state index contributed by atoms with van der Waals surface area (Å²) in [4.78, 5) is 24.3. The molecule has 1 N–H and O–H groups in total. The van der Waals surface area contributed by atoms with Crippen LogP contribution in [0.2, 0.25) is 0 Å². The molecule has 226 valence electrons. The molecule has 0 radical (unpaired) electrons. The van der Waals surface area contributed by atoms with Gasteiger partial charge in [-0.3, -0.25) is 4.18 Å². The van der Waals surface area contributed by atoms with Gasteiger partial charge in [0.15, 0.2) is 0 Å². The van der Waals surface area contributed by atoms with Crippen LogP contribution in [0.3, 0.4) is 0 Å².